The summed E-state index contributed by atoms with van der Waals surface area (Å²) in [5.74, 6) is 1.31. The average Bonchev–Trinajstić information content (AvgIpc) is 2.85. The van der Waals surface area contributed by atoms with Crippen molar-refractivity contribution in [3.8, 4) is 0 Å². The van der Waals surface area contributed by atoms with Crippen molar-refractivity contribution < 1.29 is 4.79 Å². The fourth-order valence-electron chi connectivity index (χ4n) is 2.59. The summed E-state index contributed by atoms with van der Waals surface area (Å²) in [5, 5.41) is 3.82. The molecule has 0 bridgehead atoms. The summed E-state index contributed by atoms with van der Waals surface area (Å²) in [6.45, 7) is 2.18. The Morgan fingerprint density at radius 2 is 2.42 bits per heavy atom. The minimum absolute atomic E-state index is 0.178. The number of carbonyl (C=O) groups is 1. The van der Waals surface area contributed by atoms with Gasteiger partial charge in [-0.25, -0.2) is 0 Å². The van der Waals surface area contributed by atoms with Crippen molar-refractivity contribution in [2.24, 2.45) is 0 Å². The molecule has 0 aliphatic heterocycles. The molecule has 1 fully saturated rings. The molecule has 0 spiro atoms. The van der Waals surface area contributed by atoms with E-state index in [1.54, 1.807) is 6.20 Å². The molecule has 1 N–H and O–H groups in total. The zero-order chi connectivity index (χ0) is 13.5. The number of carbonyl (C=O) groups excluding carboxylic acids is 1. The van der Waals surface area contributed by atoms with Crippen molar-refractivity contribution in [1.29, 1.82) is 0 Å². The van der Waals surface area contributed by atoms with Crippen LogP contribution in [-0.2, 0) is 11.2 Å². The third-order valence-corrected chi connectivity index (χ3v) is 4.87. The van der Waals surface area contributed by atoms with Crippen LogP contribution in [0.25, 0.3) is 0 Å². The van der Waals surface area contributed by atoms with Crippen LogP contribution in [0.5, 0.6) is 0 Å². The maximum atomic E-state index is 12.0. The highest BCUT2D eigenvalue weighted by Crippen LogP contribution is 2.29. The minimum atomic E-state index is 0.178. The number of hydrogen-bond acceptors (Lipinski definition) is 3. The largest absolute Gasteiger partial charge is 0.352 e. The summed E-state index contributed by atoms with van der Waals surface area (Å²) in [4.78, 5) is 16.0. The number of nitrogens with one attached hydrogen (secondary N) is 1. The molecular formula is C15H22N2OS. The standard InChI is InChI=1S/C15H22N2OS/c1-2-19-14-7-3-6-13(14)17-15(18)9-8-12-5-4-10-16-11-12/h4-5,10-11,13-14H,2-3,6-9H2,1H3,(H,17,18)/t13-,14-/m1/s1. The first kappa shape index (κ1) is 14.4. The van der Waals surface area contributed by atoms with E-state index in [4.69, 9.17) is 0 Å². The fraction of sp³-hybridized carbons (Fsp3) is 0.600. The van der Waals surface area contributed by atoms with Crippen LogP contribution in [0.4, 0.5) is 0 Å². The van der Waals surface area contributed by atoms with Crippen LogP contribution in [0, 0.1) is 0 Å². The van der Waals surface area contributed by atoms with E-state index in [-0.39, 0.29) is 5.91 Å². The van der Waals surface area contributed by atoms with Gasteiger partial charge in [0.2, 0.25) is 5.91 Å². The zero-order valence-corrected chi connectivity index (χ0v) is 12.3. The Morgan fingerprint density at radius 3 is 3.16 bits per heavy atom. The van der Waals surface area contributed by atoms with E-state index < -0.39 is 0 Å². The van der Waals surface area contributed by atoms with E-state index in [0.717, 1.165) is 24.2 Å². The first-order valence-electron chi connectivity index (χ1n) is 7.09. The van der Waals surface area contributed by atoms with Gasteiger partial charge in [0.25, 0.3) is 0 Å². The summed E-state index contributed by atoms with van der Waals surface area (Å²) in [7, 11) is 0. The molecule has 0 unspecified atom stereocenters. The summed E-state index contributed by atoms with van der Waals surface area (Å²) >= 11 is 1.98. The van der Waals surface area contributed by atoms with Gasteiger partial charge in [0.05, 0.1) is 0 Å². The van der Waals surface area contributed by atoms with E-state index in [9.17, 15) is 4.79 Å². The molecule has 19 heavy (non-hydrogen) atoms. The van der Waals surface area contributed by atoms with Gasteiger partial charge in [0.15, 0.2) is 0 Å². The highest BCUT2D eigenvalue weighted by molar-refractivity contribution is 7.99. The van der Waals surface area contributed by atoms with Gasteiger partial charge in [-0.15, -0.1) is 0 Å². The molecule has 0 aromatic carbocycles. The quantitative estimate of drug-likeness (QED) is 0.870. The summed E-state index contributed by atoms with van der Waals surface area (Å²) in [6.07, 6.45) is 8.55. The smallest absolute Gasteiger partial charge is 0.220 e. The second kappa shape index (κ2) is 7.53. The van der Waals surface area contributed by atoms with Crippen molar-refractivity contribution >= 4 is 17.7 Å². The number of amides is 1. The molecule has 1 saturated carbocycles. The molecule has 104 valence electrons. The van der Waals surface area contributed by atoms with Crippen LogP contribution >= 0.6 is 11.8 Å². The van der Waals surface area contributed by atoms with Crippen LogP contribution < -0.4 is 5.32 Å². The molecule has 1 heterocycles. The van der Waals surface area contributed by atoms with Gasteiger partial charge in [-0.1, -0.05) is 19.4 Å². The molecule has 2 rings (SSSR count). The van der Waals surface area contributed by atoms with Crippen LogP contribution in [0.2, 0.25) is 0 Å². The highest BCUT2D eigenvalue weighted by atomic mass is 32.2. The first-order valence-corrected chi connectivity index (χ1v) is 8.14. The summed E-state index contributed by atoms with van der Waals surface area (Å²) in [6, 6.07) is 4.32. The first-order chi connectivity index (χ1) is 9.29. The van der Waals surface area contributed by atoms with E-state index in [2.05, 4.69) is 17.2 Å². The van der Waals surface area contributed by atoms with Crippen LogP contribution in [0.1, 0.15) is 38.2 Å². The molecule has 1 amide bonds. The van der Waals surface area contributed by atoms with E-state index in [1.807, 2.05) is 30.1 Å². The zero-order valence-electron chi connectivity index (χ0n) is 11.5. The number of pyridine rings is 1. The molecule has 1 aliphatic rings. The third-order valence-electron chi connectivity index (χ3n) is 3.54. The summed E-state index contributed by atoms with van der Waals surface area (Å²) < 4.78 is 0. The number of aromatic nitrogens is 1. The number of hydrogen-bond donors (Lipinski definition) is 1. The Kier molecular flexibility index (Phi) is 5.70. The Hall–Kier alpha value is -1.03. The topological polar surface area (TPSA) is 42.0 Å². The van der Waals surface area contributed by atoms with Gasteiger partial charge < -0.3 is 5.32 Å². The highest BCUT2D eigenvalue weighted by Gasteiger charge is 2.28. The van der Waals surface area contributed by atoms with E-state index >= 15 is 0 Å². The number of nitrogens with zero attached hydrogens (tertiary/aromatic N) is 1. The number of aryl methyl sites for hydroxylation is 1. The molecule has 1 aromatic rings. The Bertz CT molecular complexity index is 396. The second-order valence-electron chi connectivity index (χ2n) is 4.96. The molecule has 4 heteroatoms. The lowest BCUT2D eigenvalue weighted by Crippen LogP contribution is -2.38. The normalized spacial score (nSPS) is 22.4. The Balaban J connectivity index is 1.75. The van der Waals surface area contributed by atoms with E-state index in [0.29, 0.717) is 17.7 Å². The van der Waals surface area contributed by atoms with Crippen molar-refractivity contribution in [2.75, 3.05) is 5.75 Å². The van der Waals surface area contributed by atoms with Crippen molar-refractivity contribution in [1.82, 2.24) is 10.3 Å². The summed E-state index contributed by atoms with van der Waals surface area (Å²) in [5.41, 5.74) is 1.13. The van der Waals surface area contributed by atoms with Crippen molar-refractivity contribution in [3.63, 3.8) is 0 Å². The second-order valence-corrected chi connectivity index (χ2v) is 6.48. The lowest BCUT2D eigenvalue weighted by molar-refractivity contribution is -0.121. The van der Waals surface area contributed by atoms with Crippen molar-refractivity contribution in [2.45, 2.75) is 50.3 Å². The fourth-order valence-corrected chi connectivity index (χ4v) is 3.79. The SMILES string of the molecule is CCS[C@@H]1CCC[C@H]1NC(=O)CCc1cccnc1. The lowest BCUT2D eigenvalue weighted by atomic mass is 10.1. The third kappa shape index (κ3) is 4.53. The molecule has 3 nitrogen and oxygen atoms in total. The van der Waals surface area contributed by atoms with Gasteiger partial charge in [-0.3, -0.25) is 9.78 Å². The van der Waals surface area contributed by atoms with Gasteiger partial charge in [-0.2, -0.15) is 11.8 Å². The Morgan fingerprint density at radius 1 is 1.53 bits per heavy atom. The minimum Gasteiger partial charge on any atom is -0.352 e. The molecule has 1 aromatic heterocycles. The van der Waals surface area contributed by atoms with Crippen LogP contribution in [0.3, 0.4) is 0 Å². The molecule has 2 atom stereocenters. The predicted molar refractivity (Wildman–Crippen MR) is 80.3 cm³/mol. The van der Waals surface area contributed by atoms with Crippen LogP contribution in [-0.4, -0.2) is 27.9 Å². The van der Waals surface area contributed by atoms with Crippen molar-refractivity contribution in [3.05, 3.63) is 30.1 Å². The lowest BCUT2D eigenvalue weighted by Gasteiger charge is -2.20. The molecule has 1 aliphatic carbocycles. The molecule has 0 radical (unpaired) electrons. The van der Waals surface area contributed by atoms with Gasteiger partial charge in [0.1, 0.15) is 0 Å². The van der Waals surface area contributed by atoms with Gasteiger partial charge in [-0.05, 0) is 36.6 Å². The van der Waals surface area contributed by atoms with Gasteiger partial charge >= 0.3 is 0 Å². The molecule has 0 saturated heterocycles. The predicted octanol–water partition coefficient (Wildman–Crippen LogP) is 2.80. The van der Waals surface area contributed by atoms with Crippen LogP contribution in [0.15, 0.2) is 24.5 Å². The maximum Gasteiger partial charge on any atom is 0.220 e. The molecular weight excluding hydrogens is 256 g/mol. The average molecular weight is 278 g/mol. The number of thioether (sulfide) groups is 1. The monoisotopic (exact) mass is 278 g/mol. The number of rotatable bonds is 6. The van der Waals surface area contributed by atoms with E-state index in [1.165, 1.54) is 12.8 Å². The maximum absolute atomic E-state index is 12.0. The van der Waals surface area contributed by atoms with Gasteiger partial charge in [0, 0.05) is 30.1 Å². The Labute approximate surface area is 119 Å².